The van der Waals surface area contributed by atoms with E-state index in [9.17, 15) is 9.18 Å². The normalized spacial score (nSPS) is 15.7. The summed E-state index contributed by atoms with van der Waals surface area (Å²) in [5, 5.41) is 9.13. The van der Waals surface area contributed by atoms with Gasteiger partial charge in [0.15, 0.2) is 0 Å². The molecule has 0 aromatic heterocycles. The third-order valence-corrected chi connectivity index (χ3v) is 4.82. The zero-order valence-electron chi connectivity index (χ0n) is 14.6. The number of likely N-dealkylation sites (N-methyl/N-ethyl adjacent to an activating group) is 1. The number of rotatable bonds is 8. The predicted octanol–water partition coefficient (Wildman–Crippen LogP) is 2.80. The van der Waals surface area contributed by atoms with Crippen LogP contribution in [0.15, 0.2) is 24.3 Å². The van der Waals surface area contributed by atoms with Crippen LogP contribution in [0.1, 0.15) is 44.6 Å². The van der Waals surface area contributed by atoms with Gasteiger partial charge in [0.1, 0.15) is 5.82 Å². The van der Waals surface area contributed by atoms with Gasteiger partial charge in [-0.1, -0.05) is 38.3 Å². The average molecular weight is 336 g/mol. The Labute approximate surface area is 144 Å². The molecular weight excluding hydrogens is 307 g/mol. The van der Waals surface area contributed by atoms with Gasteiger partial charge in [0.2, 0.25) is 5.91 Å². The van der Waals surface area contributed by atoms with E-state index in [1.54, 1.807) is 12.1 Å². The van der Waals surface area contributed by atoms with Crippen molar-refractivity contribution < 1.29 is 14.3 Å². The van der Waals surface area contributed by atoms with Gasteiger partial charge < -0.3 is 10.0 Å². The van der Waals surface area contributed by atoms with Crippen LogP contribution in [0.3, 0.4) is 0 Å². The summed E-state index contributed by atoms with van der Waals surface area (Å²) in [5.74, 6) is -0.157. The summed E-state index contributed by atoms with van der Waals surface area (Å²) >= 11 is 0. The first-order valence-corrected chi connectivity index (χ1v) is 9.01. The molecule has 0 spiro atoms. The van der Waals surface area contributed by atoms with E-state index in [1.165, 1.54) is 18.6 Å². The highest BCUT2D eigenvalue weighted by molar-refractivity contribution is 5.78. The molecule has 5 heteroatoms. The van der Waals surface area contributed by atoms with Crippen molar-refractivity contribution in [2.24, 2.45) is 0 Å². The summed E-state index contributed by atoms with van der Waals surface area (Å²) in [7, 11) is 0. The minimum atomic E-state index is -0.255. The van der Waals surface area contributed by atoms with Crippen molar-refractivity contribution in [3.05, 3.63) is 35.6 Å². The molecule has 1 amide bonds. The molecule has 1 fully saturated rings. The van der Waals surface area contributed by atoms with Crippen LogP contribution in [0.2, 0.25) is 0 Å². The lowest BCUT2D eigenvalue weighted by Crippen LogP contribution is -2.46. The Morgan fingerprint density at radius 1 is 1.21 bits per heavy atom. The number of amides is 1. The van der Waals surface area contributed by atoms with Gasteiger partial charge in [0.25, 0.3) is 0 Å². The zero-order chi connectivity index (χ0) is 17.4. The van der Waals surface area contributed by atoms with Crippen molar-refractivity contribution >= 4 is 5.91 Å². The number of benzene rings is 1. The van der Waals surface area contributed by atoms with Gasteiger partial charge in [0.05, 0.1) is 13.2 Å². The first kappa shape index (κ1) is 18.9. The molecule has 0 aliphatic heterocycles. The third kappa shape index (κ3) is 5.56. The second-order valence-corrected chi connectivity index (χ2v) is 6.53. The maximum absolute atomic E-state index is 13.1. The van der Waals surface area contributed by atoms with Crippen LogP contribution in [0.5, 0.6) is 0 Å². The molecule has 0 saturated heterocycles. The van der Waals surface area contributed by atoms with E-state index in [2.05, 4.69) is 0 Å². The first-order chi connectivity index (χ1) is 11.6. The van der Waals surface area contributed by atoms with Crippen molar-refractivity contribution in [2.45, 2.75) is 51.6 Å². The maximum atomic E-state index is 13.1. The van der Waals surface area contributed by atoms with Gasteiger partial charge >= 0.3 is 0 Å². The predicted molar refractivity (Wildman–Crippen MR) is 93.0 cm³/mol. The number of aliphatic hydroxyl groups excluding tert-OH is 1. The molecule has 24 heavy (non-hydrogen) atoms. The minimum absolute atomic E-state index is 0.0580. The molecule has 134 valence electrons. The highest BCUT2D eigenvalue weighted by Crippen LogP contribution is 2.24. The minimum Gasteiger partial charge on any atom is -0.395 e. The quantitative estimate of drug-likeness (QED) is 0.794. The molecule has 2 rings (SSSR count). The molecule has 0 radical (unpaired) electrons. The van der Waals surface area contributed by atoms with E-state index >= 15 is 0 Å². The highest BCUT2D eigenvalue weighted by atomic mass is 19.1. The molecule has 1 aromatic rings. The second-order valence-electron chi connectivity index (χ2n) is 6.53. The summed E-state index contributed by atoms with van der Waals surface area (Å²) in [6, 6.07) is 6.67. The number of halogens is 1. The molecule has 0 atom stereocenters. The van der Waals surface area contributed by atoms with Crippen LogP contribution >= 0.6 is 0 Å². The van der Waals surface area contributed by atoms with Crippen molar-refractivity contribution in [1.29, 1.82) is 0 Å². The Morgan fingerprint density at radius 2 is 1.88 bits per heavy atom. The lowest BCUT2D eigenvalue weighted by atomic mass is 9.93. The largest absolute Gasteiger partial charge is 0.395 e. The van der Waals surface area contributed by atoms with E-state index in [4.69, 9.17) is 5.11 Å². The van der Waals surface area contributed by atoms with Crippen LogP contribution in [0.25, 0.3) is 0 Å². The highest BCUT2D eigenvalue weighted by Gasteiger charge is 2.26. The van der Waals surface area contributed by atoms with E-state index in [-0.39, 0.29) is 24.4 Å². The summed E-state index contributed by atoms with van der Waals surface area (Å²) in [6.07, 6.45) is 5.64. The van der Waals surface area contributed by atoms with Gasteiger partial charge in [-0.2, -0.15) is 0 Å². The molecule has 1 saturated carbocycles. The number of hydrogen-bond donors (Lipinski definition) is 1. The summed E-state index contributed by atoms with van der Waals surface area (Å²) in [4.78, 5) is 16.8. The summed E-state index contributed by atoms with van der Waals surface area (Å²) < 4.78 is 13.1. The second kappa shape index (κ2) is 9.74. The van der Waals surface area contributed by atoms with E-state index in [0.29, 0.717) is 19.6 Å². The molecule has 1 aromatic carbocycles. The van der Waals surface area contributed by atoms with Crippen LogP contribution in [-0.2, 0) is 11.3 Å². The van der Waals surface area contributed by atoms with Gasteiger partial charge in [0, 0.05) is 19.1 Å². The van der Waals surface area contributed by atoms with Crippen LogP contribution in [0, 0.1) is 5.82 Å². The molecular formula is C19H29FN2O2. The van der Waals surface area contributed by atoms with Gasteiger partial charge in [-0.05, 0) is 37.1 Å². The Kier molecular flexibility index (Phi) is 7.66. The molecule has 0 bridgehead atoms. The Bertz CT molecular complexity index is 501. The molecule has 1 N–H and O–H groups in total. The van der Waals surface area contributed by atoms with Gasteiger partial charge in [-0.25, -0.2) is 4.39 Å². The Hall–Kier alpha value is -1.46. The smallest absolute Gasteiger partial charge is 0.237 e. The fourth-order valence-electron chi connectivity index (χ4n) is 3.37. The van der Waals surface area contributed by atoms with Crippen molar-refractivity contribution in [3.63, 3.8) is 0 Å². The van der Waals surface area contributed by atoms with Crippen LogP contribution in [0.4, 0.5) is 4.39 Å². The first-order valence-electron chi connectivity index (χ1n) is 9.01. The van der Waals surface area contributed by atoms with Crippen LogP contribution in [-0.4, -0.2) is 53.1 Å². The van der Waals surface area contributed by atoms with Gasteiger partial charge in [-0.15, -0.1) is 0 Å². The number of carbonyl (C=O) groups is 1. The van der Waals surface area contributed by atoms with Crippen molar-refractivity contribution in [3.8, 4) is 0 Å². The fourth-order valence-corrected chi connectivity index (χ4v) is 3.37. The molecule has 0 heterocycles. The number of nitrogens with zero attached hydrogens (tertiary/aromatic N) is 2. The van der Waals surface area contributed by atoms with E-state index < -0.39 is 0 Å². The molecule has 4 nitrogen and oxygen atoms in total. The number of carbonyl (C=O) groups excluding carboxylic acids is 1. The third-order valence-electron chi connectivity index (χ3n) is 4.82. The van der Waals surface area contributed by atoms with E-state index in [0.717, 1.165) is 37.8 Å². The van der Waals surface area contributed by atoms with E-state index in [1.807, 2.05) is 16.7 Å². The van der Waals surface area contributed by atoms with Crippen molar-refractivity contribution in [1.82, 2.24) is 9.80 Å². The Balaban J connectivity index is 2.08. The average Bonchev–Trinajstić information content (AvgIpc) is 2.61. The zero-order valence-corrected chi connectivity index (χ0v) is 14.6. The Morgan fingerprint density at radius 3 is 2.46 bits per heavy atom. The number of aliphatic hydroxyl groups is 1. The lowest BCUT2D eigenvalue weighted by Gasteiger charge is -2.36. The molecule has 1 aliphatic carbocycles. The summed E-state index contributed by atoms with van der Waals surface area (Å²) in [6.45, 7) is 4.16. The SMILES string of the molecule is CCN(CCO)CC(=O)N(Cc1ccc(F)cc1)C1CCCCC1. The molecule has 0 unspecified atom stereocenters. The fraction of sp³-hybridized carbons (Fsp3) is 0.632. The van der Waals surface area contributed by atoms with Crippen LogP contribution < -0.4 is 0 Å². The maximum Gasteiger partial charge on any atom is 0.237 e. The standard InChI is InChI=1S/C19H29FN2O2/c1-2-21(12-13-23)15-19(24)22(18-6-4-3-5-7-18)14-16-8-10-17(20)11-9-16/h8-11,18,23H,2-7,12-15H2,1H3. The summed E-state index contributed by atoms with van der Waals surface area (Å²) in [5.41, 5.74) is 0.959. The lowest BCUT2D eigenvalue weighted by molar-refractivity contribution is -0.136. The monoisotopic (exact) mass is 336 g/mol. The van der Waals surface area contributed by atoms with Gasteiger partial charge in [-0.3, -0.25) is 9.69 Å². The van der Waals surface area contributed by atoms with Crippen molar-refractivity contribution in [2.75, 3.05) is 26.2 Å². The molecule has 1 aliphatic rings. The number of hydrogen-bond acceptors (Lipinski definition) is 3. The topological polar surface area (TPSA) is 43.8 Å².